The Morgan fingerprint density at radius 1 is 1.37 bits per heavy atom. The maximum absolute atomic E-state index is 12.5. The molecule has 1 aromatic heterocycles. The molecule has 6 nitrogen and oxygen atoms in total. The molecule has 0 saturated heterocycles. The summed E-state index contributed by atoms with van der Waals surface area (Å²) in [5.74, 6) is 0.555. The van der Waals surface area contributed by atoms with Gasteiger partial charge in [-0.25, -0.2) is 9.78 Å². The van der Waals surface area contributed by atoms with Crippen LogP contribution < -0.4 is 10.6 Å². The molecule has 1 aliphatic rings. The van der Waals surface area contributed by atoms with Crippen molar-refractivity contribution < 1.29 is 14.3 Å². The molecule has 0 unspecified atom stereocenters. The van der Waals surface area contributed by atoms with Gasteiger partial charge in [0, 0.05) is 18.8 Å². The summed E-state index contributed by atoms with van der Waals surface area (Å²) in [5.41, 5.74) is 0.672. The van der Waals surface area contributed by atoms with Gasteiger partial charge in [-0.05, 0) is 42.9 Å². The molecule has 1 heterocycles. The third-order valence-corrected chi connectivity index (χ3v) is 5.09. The number of carbonyl (C=O) groups excluding carboxylic acids is 2. The Hall–Kier alpha value is -2.08. The van der Waals surface area contributed by atoms with Crippen LogP contribution in [0.3, 0.4) is 0 Å². The summed E-state index contributed by atoms with van der Waals surface area (Å²) in [4.78, 5) is 27.9. The molecule has 27 heavy (non-hydrogen) atoms. The lowest BCUT2D eigenvalue weighted by Crippen LogP contribution is -2.41. The number of carbonyl (C=O) groups is 2. The molecular formula is C20H28ClN3O3. The molecule has 7 heteroatoms. The highest BCUT2D eigenvalue weighted by Crippen LogP contribution is 2.24. The minimum Gasteiger partial charge on any atom is -0.466 e. The van der Waals surface area contributed by atoms with Crippen molar-refractivity contribution in [3.63, 3.8) is 0 Å². The zero-order valence-corrected chi connectivity index (χ0v) is 16.7. The van der Waals surface area contributed by atoms with Crippen LogP contribution in [-0.2, 0) is 14.3 Å². The summed E-state index contributed by atoms with van der Waals surface area (Å²) in [6, 6.07) is 1.29. The fourth-order valence-corrected chi connectivity index (χ4v) is 3.39. The van der Waals surface area contributed by atoms with Crippen LogP contribution in [0.15, 0.2) is 18.3 Å². The molecule has 0 aromatic carbocycles. The number of amides is 1. The van der Waals surface area contributed by atoms with Crippen LogP contribution in [0.4, 0.5) is 5.82 Å². The van der Waals surface area contributed by atoms with Crippen molar-refractivity contribution >= 4 is 35.4 Å². The van der Waals surface area contributed by atoms with Gasteiger partial charge in [-0.3, -0.25) is 4.79 Å². The maximum atomic E-state index is 12.5. The van der Waals surface area contributed by atoms with Crippen LogP contribution in [0.2, 0.25) is 5.02 Å². The van der Waals surface area contributed by atoms with Crippen molar-refractivity contribution in [1.82, 2.24) is 10.3 Å². The number of rotatable bonds is 8. The molecule has 1 fully saturated rings. The summed E-state index contributed by atoms with van der Waals surface area (Å²) >= 11 is 6.28. The summed E-state index contributed by atoms with van der Waals surface area (Å²) in [6.07, 6.45) is 11.3. The van der Waals surface area contributed by atoms with E-state index in [0.29, 0.717) is 28.7 Å². The molecule has 1 amide bonds. The van der Waals surface area contributed by atoms with Gasteiger partial charge in [0.15, 0.2) is 0 Å². The lowest BCUT2D eigenvalue weighted by molar-refractivity contribution is -0.134. The highest BCUT2D eigenvalue weighted by Gasteiger charge is 2.20. The van der Waals surface area contributed by atoms with Gasteiger partial charge in [0.2, 0.25) is 5.91 Å². The van der Waals surface area contributed by atoms with Crippen molar-refractivity contribution in [2.75, 3.05) is 19.0 Å². The lowest BCUT2D eigenvalue weighted by atomic mass is 9.89. The molecule has 1 aromatic rings. The minimum atomic E-state index is -0.450. The Morgan fingerprint density at radius 2 is 2.11 bits per heavy atom. The van der Waals surface area contributed by atoms with E-state index < -0.39 is 12.0 Å². The van der Waals surface area contributed by atoms with Crippen molar-refractivity contribution in [1.29, 1.82) is 0 Å². The summed E-state index contributed by atoms with van der Waals surface area (Å²) in [5, 5.41) is 6.57. The zero-order valence-electron chi connectivity index (χ0n) is 16.0. The van der Waals surface area contributed by atoms with E-state index in [4.69, 9.17) is 11.6 Å². The summed E-state index contributed by atoms with van der Waals surface area (Å²) in [6.45, 7) is 2.68. The van der Waals surface area contributed by atoms with Crippen LogP contribution in [-0.4, -0.2) is 36.6 Å². The molecule has 1 aliphatic carbocycles. The van der Waals surface area contributed by atoms with Crippen LogP contribution in [0, 0.1) is 5.92 Å². The normalized spacial score (nSPS) is 16.1. The minimum absolute atomic E-state index is 0.0318. The quantitative estimate of drug-likeness (QED) is 0.518. The van der Waals surface area contributed by atoms with E-state index in [9.17, 15) is 9.59 Å². The Bertz CT molecular complexity index is 672. The van der Waals surface area contributed by atoms with Crippen LogP contribution in [0.1, 0.15) is 51.0 Å². The van der Waals surface area contributed by atoms with Gasteiger partial charge < -0.3 is 15.4 Å². The lowest BCUT2D eigenvalue weighted by Gasteiger charge is -2.24. The second-order valence-electron chi connectivity index (χ2n) is 6.81. The number of esters is 1. The average molecular weight is 394 g/mol. The van der Waals surface area contributed by atoms with Gasteiger partial charge >= 0.3 is 5.97 Å². The average Bonchev–Trinajstić information content (AvgIpc) is 2.70. The van der Waals surface area contributed by atoms with Gasteiger partial charge in [0.25, 0.3) is 0 Å². The largest absolute Gasteiger partial charge is 0.466 e. The van der Waals surface area contributed by atoms with E-state index in [2.05, 4.69) is 20.4 Å². The first-order chi connectivity index (χ1) is 13.0. The molecule has 0 bridgehead atoms. The van der Waals surface area contributed by atoms with Crippen molar-refractivity contribution in [3.8, 4) is 0 Å². The van der Waals surface area contributed by atoms with Crippen molar-refractivity contribution in [2.45, 2.75) is 51.5 Å². The fraction of sp³-hybridized carbons (Fsp3) is 0.550. The topological polar surface area (TPSA) is 80.3 Å². The van der Waals surface area contributed by atoms with E-state index in [1.54, 1.807) is 18.3 Å². The van der Waals surface area contributed by atoms with Crippen LogP contribution >= 0.6 is 11.6 Å². The first-order valence-electron chi connectivity index (χ1n) is 9.49. The Kier molecular flexibility index (Phi) is 8.58. The number of halogens is 1. The number of pyridine rings is 1. The zero-order chi connectivity index (χ0) is 19.6. The number of hydrogen-bond donors (Lipinski definition) is 2. The third-order valence-electron chi connectivity index (χ3n) is 4.80. The predicted molar refractivity (Wildman–Crippen MR) is 108 cm³/mol. The van der Waals surface area contributed by atoms with Gasteiger partial charge in [-0.2, -0.15) is 0 Å². The van der Waals surface area contributed by atoms with Gasteiger partial charge in [0.1, 0.15) is 11.9 Å². The number of methoxy groups -OCH3 is 1. The third kappa shape index (κ3) is 6.86. The summed E-state index contributed by atoms with van der Waals surface area (Å²) in [7, 11) is 1.31. The number of ether oxygens (including phenoxy) is 1. The SMILES string of the molecule is CC[C@@H](Nc1ncc(C=CC(=O)OC)cc1Cl)C(=O)NCC1CCCCC1. The number of nitrogens with zero attached hydrogens (tertiary/aromatic N) is 1. The van der Waals surface area contributed by atoms with Crippen molar-refractivity contribution in [3.05, 3.63) is 28.9 Å². The van der Waals surface area contributed by atoms with Gasteiger partial charge in [0.05, 0.1) is 12.1 Å². The van der Waals surface area contributed by atoms with E-state index >= 15 is 0 Å². The molecule has 0 spiro atoms. The standard InChI is InChI=1S/C20H28ClN3O3/c1-3-17(20(26)23-12-14-7-5-4-6-8-14)24-19-16(21)11-15(13-22-19)9-10-18(25)27-2/h9-11,13-14,17H,3-8,12H2,1-2H3,(H,22,24)(H,23,26)/t17-/m1/s1. The highest BCUT2D eigenvalue weighted by atomic mass is 35.5. The maximum Gasteiger partial charge on any atom is 0.330 e. The van der Waals surface area contributed by atoms with E-state index in [0.717, 1.165) is 6.54 Å². The van der Waals surface area contributed by atoms with E-state index in [1.807, 2.05) is 6.92 Å². The summed E-state index contributed by atoms with van der Waals surface area (Å²) < 4.78 is 4.55. The first-order valence-corrected chi connectivity index (χ1v) is 9.87. The highest BCUT2D eigenvalue weighted by molar-refractivity contribution is 6.33. The number of aromatic nitrogens is 1. The monoisotopic (exact) mass is 393 g/mol. The number of nitrogens with one attached hydrogen (secondary N) is 2. The Balaban J connectivity index is 1.93. The number of anilines is 1. The fourth-order valence-electron chi connectivity index (χ4n) is 3.16. The molecular weight excluding hydrogens is 366 g/mol. The number of hydrogen-bond acceptors (Lipinski definition) is 5. The van der Waals surface area contributed by atoms with Crippen LogP contribution in [0.5, 0.6) is 0 Å². The van der Waals surface area contributed by atoms with Gasteiger partial charge in [-0.1, -0.05) is 37.8 Å². The molecule has 0 radical (unpaired) electrons. The van der Waals surface area contributed by atoms with E-state index in [1.165, 1.54) is 45.3 Å². The molecule has 2 N–H and O–H groups in total. The molecule has 1 atom stereocenters. The van der Waals surface area contributed by atoms with Crippen LogP contribution in [0.25, 0.3) is 6.08 Å². The molecule has 2 rings (SSSR count). The second-order valence-corrected chi connectivity index (χ2v) is 7.22. The second kappa shape index (κ2) is 10.9. The first kappa shape index (κ1) is 21.2. The Morgan fingerprint density at radius 3 is 2.74 bits per heavy atom. The predicted octanol–water partition coefficient (Wildman–Crippen LogP) is 3.81. The van der Waals surface area contributed by atoms with Crippen molar-refractivity contribution in [2.24, 2.45) is 5.92 Å². The smallest absolute Gasteiger partial charge is 0.330 e. The van der Waals surface area contributed by atoms with Gasteiger partial charge in [-0.15, -0.1) is 0 Å². The molecule has 148 valence electrons. The molecule has 0 aliphatic heterocycles. The molecule has 1 saturated carbocycles. The Labute approximate surface area is 165 Å². The van der Waals surface area contributed by atoms with E-state index in [-0.39, 0.29) is 5.91 Å².